The van der Waals surface area contributed by atoms with Gasteiger partial charge in [0.15, 0.2) is 0 Å². The second kappa shape index (κ2) is 10.6. The summed E-state index contributed by atoms with van der Waals surface area (Å²) in [4.78, 5) is 28.6. The predicted molar refractivity (Wildman–Crippen MR) is 118 cm³/mol. The van der Waals surface area contributed by atoms with Crippen LogP contribution in [0.5, 0.6) is 0 Å². The third-order valence-electron chi connectivity index (χ3n) is 4.50. The van der Waals surface area contributed by atoms with E-state index in [1.165, 1.54) is 0 Å². The van der Waals surface area contributed by atoms with E-state index >= 15 is 0 Å². The fourth-order valence-corrected chi connectivity index (χ4v) is 4.19. The lowest BCUT2D eigenvalue weighted by molar-refractivity contribution is -0.228. The molecule has 1 N–H and O–H groups in total. The lowest BCUT2D eigenvalue weighted by Crippen LogP contribution is -2.27. The van der Waals surface area contributed by atoms with Crippen molar-refractivity contribution in [3.63, 3.8) is 0 Å². The van der Waals surface area contributed by atoms with Crippen LogP contribution in [0.4, 0.5) is 0 Å². The summed E-state index contributed by atoms with van der Waals surface area (Å²) >= 11 is 0. The van der Waals surface area contributed by atoms with Crippen LogP contribution in [-0.4, -0.2) is 30.1 Å². The van der Waals surface area contributed by atoms with Crippen LogP contribution >= 0.6 is 7.82 Å². The van der Waals surface area contributed by atoms with Crippen LogP contribution in [0.1, 0.15) is 25.8 Å². The molecule has 1 aromatic heterocycles. The van der Waals surface area contributed by atoms with Crippen LogP contribution in [0.3, 0.4) is 0 Å². The average molecular weight is 441 g/mol. The van der Waals surface area contributed by atoms with Crippen molar-refractivity contribution in [2.24, 2.45) is 0 Å². The third-order valence-corrected chi connectivity index (χ3v) is 5.68. The quantitative estimate of drug-likeness (QED) is 0.379. The van der Waals surface area contributed by atoms with Crippen LogP contribution in [-0.2, 0) is 24.8 Å². The van der Waals surface area contributed by atoms with E-state index in [0.29, 0.717) is 13.0 Å². The number of amides is 1. The molecule has 0 saturated carbocycles. The summed E-state index contributed by atoms with van der Waals surface area (Å²) in [6.45, 7) is 3.46. The summed E-state index contributed by atoms with van der Waals surface area (Å²) in [6, 6.07) is 17.8. The lowest BCUT2D eigenvalue weighted by Gasteiger charge is -2.24. The molecule has 0 fully saturated rings. The number of fused-ring (bicyclic) bond motifs is 1. The number of hydrogen-bond donors (Lipinski definition) is 1. The Morgan fingerprint density at radius 2 is 1.84 bits per heavy atom. The van der Waals surface area contributed by atoms with Gasteiger partial charge in [-0.05, 0) is 43.0 Å². The molecule has 1 heterocycles. The van der Waals surface area contributed by atoms with Crippen molar-refractivity contribution in [2.45, 2.75) is 32.8 Å². The fourth-order valence-electron chi connectivity index (χ4n) is 3.26. The van der Waals surface area contributed by atoms with Gasteiger partial charge in [0.1, 0.15) is 0 Å². The summed E-state index contributed by atoms with van der Waals surface area (Å²) in [5.74, 6) is -0.169. The average Bonchev–Trinajstić information content (AvgIpc) is 2.73. The molecule has 164 valence electrons. The third kappa shape index (κ3) is 6.71. The number of nitrogens with one attached hydrogen (secondary N) is 1. The molecule has 7 nitrogen and oxygen atoms in total. The van der Waals surface area contributed by atoms with Gasteiger partial charge < -0.3 is 19.3 Å². The summed E-state index contributed by atoms with van der Waals surface area (Å²) in [7, 11) is -4.30. The Kier molecular flexibility index (Phi) is 7.93. The molecule has 0 aliphatic carbocycles. The Morgan fingerprint density at radius 3 is 2.58 bits per heavy atom. The normalized spacial score (nSPS) is 13.3. The van der Waals surface area contributed by atoms with Gasteiger partial charge in [-0.2, -0.15) is 0 Å². The van der Waals surface area contributed by atoms with Gasteiger partial charge in [-0.25, -0.2) is 0 Å². The number of hydrogen-bond acceptors (Lipinski definition) is 6. The van der Waals surface area contributed by atoms with Crippen molar-refractivity contribution in [3.8, 4) is 11.1 Å². The SMILES string of the molecule is CC(C)OP(=O)([O-])OCCCNC(=O)Cc1cnc2ccccc2c1-c1ccccc1. The highest BCUT2D eigenvalue weighted by molar-refractivity contribution is 7.45. The van der Waals surface area contributed by atoms with E-state index in [2.05, 4.69) is 10.3 Å². The molecule has 3 rings (SSSR count). The Hall–Kier alpha value is -2.57. The van der Waals surface area contributed by atoms with Crippen molar-refractivity contribution >= 4 is 24.6 Å². The van der Waals surface area contributed by atoms with E-state index in [9.17, 15) is 14.3 Å². The Balaban J connectivity index is 1.63. The molecule has 0 aliphatic heterocycles. The number of carbonyl (C=O) groups is 1. The molecule has 0 radical (unpaired) electrons. The molecule has 8 heteroatoms. The summed E-state index contributed by atoms with van der Waals surface area (Å²) in [5, 5.41) is 3.80. The minimum Gasteiger partial charge on any atom is -0.756 e. The number of benzene rings is 2. The number of pyridine rings is 1. The van der Waals surface area contributed by atoms with E-state index in [1.807, 2.05) is 54.6 Å². The first kappa shape index (κ1) is 23.1. The smallest absolute Gasteiger partial charge is 0.268 e. The van der Waals surface area contributed by atoms with Crippen molar-refractivity contribution in [1.82, 2.24) is 10.3 Å². The van der Waals surface area contributed by atoms with Crippen LogP contribution < -0.4 is 10.2 Å². The molecular formula is C23H26N2O5P-. The zero-order valence-electron chi connectivity index (χ0n) is 17.6. The first-order valence-electron chi connectivity index (χ1n) is 10.2. The van der Waals surface area contributed by atoms with Crippen molar-refractivity contribution in [2.75, 3.05) is 13.2 Å². The molecule has 0 bridgehead atoms. The van der Waals surface area contributed by atoms with Crippen molar-refractivity contribution in [1.29, 1.82) is 0 Å². The molecule has 1 amide bonds. The van der Waals surface area contributed by atoms with Gasteiger partial charge in [-0.1, -0.05) is 48.5 Å². The zero-order chi connectivity index (χ0) is 22.3. The highest BCUT2D eigenvalue weighted by atomic mass is 31.2. The number of nitrogens with zero attached hydrogens (tertiary/aromatic N) is 1. The van der Waals surface area contributed by atoms with E-state index in [4.69, 9.17) is 9.05 Å². The maximum Gasteiger partial charge on any atom is 0.268 e. The molecule has 3 aromatic rings. The molecule has 2 aromatic carbocycles. The number of para-hydroxylation sites is 1. The molecule has 0 saturated heterocycles. The van der Waals surface area contributed by atoms with E-state index in [0.717, 1.165) is 27.6 Å². The monoisotopic (exact) mass is 441 g/mol. The highest BCUT2D eigenvalue weighted by Gasteiger charge is 2.14. The van der Waals surface area contributed by atoms with E-state index in [-0.39, 0.29) is 18.9 Å². The van der Waals surface area contributed by atoms with Gasteiger partial charge in [0, 0.05) is 18.1 Å². The minimum absolute atomic E-state index is 0.0550. The van der Waals surface area contributed by atoms with E-state index < -0.39 is 13.9 Å². The predicted octanol–water partition coefficient (Wildman–Crippen LogP) is 3.86. The van der Waals surface area contributed by atoms with Gasteiger partial charge in [-0.3, -0.25) is 14.3 Å². The van der Waals surface area contributed by atoms with Gasteiger partial charge in [0.25, 0.3) is 7.82 Å². The first-order valence-corrected chi connectivity index (χ1v) is 11.6. The second-order valence-electron chi connectivity index (χ2n) is 7.36. The van der Waals surface area contributed by atoms with Gasteiger partial charge in [0.2, 0.25) is 5.91 Å². The maximum atomic E-state index is 12.5. The first-order chi connectivity index (χ1) is 14.9. The molecule has 0 aliphatic rings. The lowest BCUT2D eigenvalue weighted by atomic mass is 9.95. The zero-order valence-corrected chi connectivity index (χ0v) is 18.5. The number of rotatable bonds is 10. The highest BCUT2D eigenvalue weighted by Crippen LogP contribution is 2.39. The maximum absolute atomic E-state index is 12.5. The Labute approximate surface area is 182 Å². The van der Waals surface area contributed by atoms with Crippen molar-refractivity contribution < 1.29 is 23.3 Å². The van der Waals surface area contributed by atoms with Crippen LogP contribution in [0, 0.1) is 0 Å². The topological polar surface area (TPSA) is 101 Å². The largest absolute Gasteiger partial charge is 0.756 e. The second-order valence-corrected chi connectivity index (χ2v) is 8.72. The molecule has 1 atom stereocenters. The van der Waals surface area contributed by atoms with Gasteiger partial charge >= 0.3 is 0 Å². The summed E-state index contributed by atoms with van der Waals surface area (Å²) < 4.78 is 21.0. The van der Waals surface area contributed by atoms with Crippen LogP contribution in [0.25, 0.3) is 22.0 Å². The Bertz CT molecular complexity index is 1070. The number of aromatic nitrogens is 1. The molecular weight excluding hydrogens is 415 g/mol. The van der Waals surface area contributed by atoms with Crippen molar-refractivity contribution in [3.05, 3.63) is 66.4 Å². The minimum atomic E-state index is -4.30. The fraction of sp³-hybridized carbons (Fsp3) is 0.304. The van der Waals surface area contributed by atoms with Gasteiger partial charge in [-0.15, -0.1) is 0 Å². The summed E-state index contributed by atoms with van der Waals surface area (Å²) in [6.07, 6.45) is 1.78. The summed E-state index contributed by atoms with van der Waals surface area (Å²) in [5.41, 5.74) is 3.71. The number of carbonyl (C=O) groups excluding carboxylic acids is 1. The number of phosphoric acid groups is 1. The van der Waals surface area contributed by atoms with Crippen LogP contribution in [0.15, 0.2) is 60.8 Å². The molecule has 31 heavy (non-hydrogen) atoms. The molecule has 1 unspecified atom stereocenters. The van der Waals surface area contributed by atoms with Crippen LogP contribution in [0.2, 0.25) is 0 Å². The number of phosphoric ester groups is 1. The van der Waals surface area contributed by atoms with Gasteiger partial charge in [0.05, 0.1) is 24.6 Å². The Morgan fingerprint density at radius 1 is 1.13 bits per heavy atom. The van der Waals surface area contributed by atoms with E-state index in [1.54, 1.807) is 20.0 Å². The molecule has 0 spiro atoms. The standard InChI is InChI=1S/C23H27N2O5P/c1-17(2)30-31(27,28)29-14-8-13-24-22(26)15-19-16-25-21-12-7-6-11-20(21)23(19)18-9-4-3-5-10-18/h3-7,9-12,16-17H,8,13-15H2,1-2H3,(H,24,26)(H,27,28)/p-1.